The van der Waals surface area contributed by atoms with Gasteiger partial charge in [-0.3, -0.25) is 10.3 Å². The number of ether oxygens (including phenoxy) is 1. The highest BCUT2D eigenvalue weighted by atomic mass is 32.2. The van der Waals surface area contributed by atoms with Crippen LogP contribution < -0.4 is 4.74 Å². The Morgan fingerprint density at radius 3 is 2.28 bits per heavy atom. The Kier molecular flexibility index (Phi) is 5.49. The average Bonchev–Trinajstić information content (AvgIpc) is 2.55. The van der Waals surface area contributed by atoms with E-state index in [0.29, 0.717) is 11.3 Å². The van der Waals surface area contributed by atoms with Gasteiger partial charge in [0.1, 0.15) is 5.75 Å². The minimum Gasteiger partial charge on any atom is -0.497 e. The zero-order valence-corrected chi connectivity index (χ0v) is 15.5. The maximum absolute atomic E-state index is 12.5. The van der Waals surface area contributed by atoms with Gasteiger partial charge >= 0.3 is 0 Å². The van der Waals surface area contributed by atoms with Crippen molar-refractivity contribution in [2.45, 2.75) is 31.2 Å². The van der Waals surface area contributed by atoms with E-state index in [1.807, 2.05) is 20.8 Å². The van der Waals surface area contributed by atoms with Crippen LogP contribution >= 0.6 is 0 Å². The topological polar surface area (TPSA) is 79.2 Å². The number of hydrogen-bond donors (Lipinski definition) is 1. The maximum Gasteiger partial charge on any atom is 0.282 e. The predicted molar refractivity (Wildman–Crippen MR) is 97.4 cm³/mol. The number of hydroxylamine groups is 2. The molecular weight excluding hydrogens is 340 g/mol. The van der Waals surface area contributed by atoms with E-state index in [1.54, 1.807) is 36.4 Å². The van der Waals surface area contributed by atoms with Crippen LogP contribution in [0.15, 0.2) is 69.6 Å². The van der Waals surface area contributed by atoms with Crippen LogP contribution in [0.25, 0.3) is 0 Å². The number of allylic oxidation sites excluding steroid dienone is 5. The lowest BCUT2D eigenvalue weighted by Gasteiger charge is -2.29. The highest BCUT2D eigenvalue weighted by Gasteiger charge is 2.20. The van der Waals surface area contributed by atoms with Crippen molar-refractivity contribution in [1.82, 2.24) is 5.06 Å². The Hall–Kier alpha value is -2.38. The Balaban J connectivity index is 2.40. The van der Waals surface area contributed by atoms with Crippen molar-refractivity contribution >= 4 is 15.7 Å². The summed E-state index contributed by atoms with van der Waals surface area (Å²) >= 11 is 0. The van der Waals surface area contributed by atoms with Gasteiger partial charge in [0.25, 0.3) is 10.0 Å². The van der Waals surface area contributed by atoms with Crippen LogP contribution in [-0.4, -0.2) is 37.0 Å². The zero-order valence-electron chi connectivity index (χ0n) is 14.7. The molecule has 0 unspecified atom stereocenters. The molecule has 0 amide bonds. The van der Waals surface area contributed by atoms with E-state index in [9.17, 15) is 13.6 Å². The fraction of sp³-hybridized carbons (Fsp3) is 0.278. The first-order chi connectivity index (χ1) is 11.6. The Labute approximate surface area is 148 Å². The largest absolute Gasteiger partial charge is 0.497 e. The molecule has 0 bridgehead atoms. The van der Waals surface area contributed by atoms with Crippen molar-refractivity contribution in [3.63, 3.8) is 0 Å². The minimum atomic E-state index is -3.88. The molecule has 0 saturated carbocycles. The highest BCUT2D eigenvalue weighted by molar-refractivity contribution is 7.90. The summed E-state index contributed by atoms with van der Waals surface area (Å²) in [4.78, 5) is 0.0692. The van der Waals surface area contributed by atoms with Crippen LogP contribution in [0.1, 0.15) is 20.8 Å². The second kappa shape index (κ2) is 7.25. The van der Waals surface area contributed by atoms with Crippen LogP contribution in [0, 0.1) is 0 Å². The van der Waals surface area contributed by atoms with Crippen LogP contribution in [0.5, 0.6) is 5.75 Å². The molecule has 1 aliphatic carbocycles. The standard InChI is InChI=1S/C18H22N2O4S/c1-18(2,3)20(21)13-14-7-5-6-8-17(14)19-25(22,23)16-11-9-15(24-4)10-12-16/h5-13,21H,1-4H3/b14-13-,19-17+. The Morgan fingerprint density at radius 2 is 1.72 bits per heavy atom. The molecule has 0 saturated heterocycles. The molecule has 6 nitrogen and oxygen atoms in total. The molecule has 0 aromatic heterocycles. The first-order valence-corrected chi connectivity index (χ1v) is 9.12. The molecule has 0 aliphatic heterocycles. The van der Waals surface area contributed by atoms with Gasteiger partial charge in [-0.05, 0) is 51.1 Å². The molecule has 0 radical (unpaired) electrons. The lowest BCUT2D eigenvalue weighted by Crippen LogP contribution is -2.34. The van der Waals surface area contributed by atoms with E-state index < -0.39 is 15.6 Å². The van der Waals surface area contributed by atoms with E-state index in [2.05, 4.69) is 4.40 Å². The van der Waals surface area contributed by atoms with Gasteiger partial charge in [0.15, 0.2) is 0 Å². The van der Waals surface area contributed by atoms with E-state index in [0.717, 1.165) is 5.06 Å². The van der Waals surface area contributed by atoms with Gasteiger partial charge in [0.2, 0.25) is 0 Å². The average molecular weight is 362 g/mol. The molecule has 1 aromatic carbocycles. The fourth-order valence-electron chi connectivity index (χ4n) is 1.94. The van der Waals surface area contributed by atoms with Gasteiger partial charge in [-0.1, -0.05) is 18.2 Å². The van der Waals surface area contributed by atoms with Crippen molar-refractivity contribution < 1.29 is 18.4 Å². The zero-order chi connectivity index (χ0) is 18.7. The number of hydrogen-bond acceptors (Lipinski definition) is 5. The van der Waals surface area contributed by atoms with Crippen LogP contribution in [0.3, 0.4) is 0 Å². The summed E-state index contributed by atoms with van der Waals surface area (Å²) in [6.45, 7) is 5.49. The van der Waals surface area contributed by atoms with E-state index >= 15 is 0 Å². The molecule has 0 atom stereocenters. The number of rotatable bonds is 4. The van der Waals surface area contributed by atoms with Crippen molar-refractivity contribution in [3.8, 4) is 5.75 Å². The second-order valence-electron chi connectivity index (χ2n) is 6.45. The summed E-state index contributed by atoms with van der Waals surface area (Å²) in [5.41, 5.74) is 0.223. The van der Waals surface area contributed by atoms with Gasteiger partial charge in [-0.2, -0.15) is 12.8 Å². The first-order valence-electron chi connectivity index (χ1n) is 7.68. The number of nitrogens with zero attached hydrogens (tertiary/aromatic N) is 2. The van der Waals surface area contributed by atoms with Gasteiger partial charge in [0, 0.05) is 11.8 Å². The van der Waals surface area contributed by atoms with Crippen molar-refractivity contribution in [1.29, 1.82) is 0 Å². The van der Waals surface area contributed by atoms with Gasteiger partial charge in [-0.25, -0.2) is 0 Å². The molecule has 0 spiro atoms. The second-order valence-corrected chi connectivity index (χ2v) is 8.05. The summed E-state index contributed by atoms with van der Waals surface area (Å²) in [7, 11) is -2.37. The van der Waals surface area contributed by atoms with Crippen molar-refractivity contribution in [3.05, 3.63) is 60.3 Å². The van der Waals surface area contributed by atoms with Crippen LogP contribution in [0.2, 0.25) is 0 Å². The van der Waals surface area contributed by atoms with Crippen LogP contribution in [0.4, 0.5) is 0 Å². The fourth-order valence-corrected chi connectivity index (χ4v) is 2.95. The van der Waals surface area contributed by atoms with Gasteiger partial charge in [-0.15, -0.1) is 0 Å². The minimum absolute atomic E-state index is 0.0692. The third-order valence-electron chi connectivity index (χ3n) is 3.46. The Morgan fingerprint density at radius 1 is 1.12 bits per heavy atom. The maximum atomic E-state index is 12.5. The molecule has 1 N–H and O–H groups in total. The summed E-state index contributed by atoms with van der Waals surface area (Å²) in [6.07, 6.45) is 8.18. The summed E-state index contributed by atoms with van der Waals surface area (Å²) in [5, 5.41) is 11.1. The monoisotopic (exact) mass is 362 g/mol. The third-order valence-corrected chi connectivity index (χ3v) is 4.77. The lowest BCUT2D eigenvalue weighted by atomic mass is 10.1. The highest BCUT2D eigenvalue weighted by Crippen LogP contribution is 2.21. The lowest BCUT2D eigenvalue weighted by molar-refractivity contribution is -0.110. The van der Waals surface area contributed by atoms with E-state index in [-0.39, 0.29) is 10.6 Å². The van der Waals surface area contributed by atoms with Gasteiger partial charge < -0.3 is 4.74 Å². The molecule has 0 fully saturated rings. The number of methoxy groups -OCH3 is 1. The molecule has 1 aliphatic rings. The van der Waals surface area contributed by atoms with Crippen molar-refractivity contribution in [2.24, 2.45) is 4.40 Å². The molecule has 7 heteroatoms. The van der Waals surface area contributed by atoms with E-state index in [4.69, 9.17) is 4.74 Å². The third kappa shape index (κ3) is 4.80. The molecule has 134 valence electrons. The smallest absolute Gasteiger partial charge is 0.282 e. The molecule has 1 aromatic rings. The van der Waals surface area contributed by atoms with Crippen molar-refractivity contribution in [2.75, 3.05) is 7.11 Å². The van der Waals surface area contributed by atoms with Crippen LogP contribution in [-0.2, 0) is 10.0 Å². The normalized spacial score (nSPS) is 18.0. The molecular formula is C18H22N2O4S. The summed E-state index contributed by atoms with van der Waals surface area (Å²) in [6, 6.07) is 6.01. The number of sulfonamides is 1. The predicted octanol–water partition coefficient (Wildman–Crippen LogP) is 3.32. The molecule has 2 rings (SSSR count). The SMILES string of the molecule is COc1ccc(S(=O)(=O)/N=C2\C=CC=C\C2=C\N(O)C(C)(C)C)cc1. The van der Waals surface area contributed by atoms with Gasteiger partial charge in [0.05, 0.1) is 23.3 Å². The quantitative estimate of drug-likeness (QED) is 0.831. The molecule has 0 heterocycles. The first kappa shape index (κ1) is 19.0. The number of benzene rings is 1. The summed E-state index contributed by atoms with van der Waals surface area (Å²) in [5.74, 6) is 0.564. The van der Waals surface area contributed by atoms with E-state index in [1.165, 1.54) is 25.4 Å². The molecule has 25 heavy (non-hydrogen) atoms. The summed E-state index contributed by atoms with van der Waals surface area (Å²) < 4.78 is 34.0. The Bertz CT molecular complexity index is 842.